The second kappa shape index (κ2) is 7.57. The van der Waals surface area contributed by atoms with Crippen LogP contribution < -0.4 is 4.74 Å². The van der Waals surface area contributed by atoms with Crippen LogP contribution in [0.25, 0.3) is 0 Å². The molecule has 0 N–H and O–H groups in total. The highest BCUT2D eigenvalue weighted by molar-refractivity contribution is 7.09. The minimum atomic E-state index is 0.201. The number of ether oxygens (including phenoxy) is 1. The van der Waals surface area contributed by atoms with Gasteiger partial charge in [0.15, 0.2) is 0 Å². The molecular formula is C17H21N3O2S. The molecule has 0 bridgehead atoms. The summed E-state index contributed by atoms with van der Waals surface area (Å²) < 4.78 is 5.14. The van der Waals surface area contributed by atoms with Crippen molar-refractivity contribution in [2.45, 2.75) is 13.0 Å². The maximum Gasteiger partial charge on any atom is 0.227 e. The molecule has 1 aliphatic heterocycles. The Morgan fingerprint density at radius 2 is 1.96 bits per heavy atom. The van der Waals surface area contributed by atoms with Crippen LogP contribution in [0.15, 0.2) is 36.0 Å². The van der Waals surface area contributed by atoms with Crippen molar-refractivity contribution in [2.75, 3.05) is 33.3 Å². The molecule has 1 aliphatic rings. The first-order valence-electron chi connectivity index (χ1n) is 7.75. The van der Waals surface area contributed by atoms with Crippen LogP contribution in [-0.2, 0) is 17.8 Å². The van der Waals surface area contributed by atoms with Crippen molar-refractivity contribution in [3.63, 3.8) is 0 Å². The lowest BCUT2D eigenvalue weighted by atomic mass is 10.1. The molecule has 0 radical (unpaired) electrons. The highest BCUT2D eigenvalue weighted by Crippen LogP contribution is 2.14. The zero-order valence-electron chi connectivity index (χ0n) is 13.3. The Bertz CT molecular complexity index is 620. The first-order valence-corrected chi connectivity index (χ1v) is 8.63. The van der Waals surface area contributed by atoms with E-state index in [1.807, 2.05) is 40.9 Å². The molecule has 1 aromatic heterocycles. The fraction of sp³-hybridized carbons (Fsp3) is 0.412. The number of hydrogen-bond donors (Lipinski definition) is 0. The van der Waals surface area contributed by atoms with Crippen LogP contribution in [0.2, 0.25) is 0 Å². The van der Waals surface area contributed by atoms with Gasteiger partial charge in [0.1, 0.15) is 5.75 Å². The van der Waals surface area contributed by atoms with Crippen molar-refractivity contribution in [1.29, 1.82) is 0 Å². The van der Waals surface area contributed by atoms with Crippen LogP contribution in [0.5, 0.6) is 5.75 Å². The Labute approximate surface area is 140 Å². The summed E-state index contributed by atoms with van der Waals surface area (Å²) in [7, 11) is 1.64. The molecule has 6 heteroatoms. The summed E-state index contributed by atoms with van der Waals surface area (Å²) in [5.41, 5.74) is 2.90. The van der Waals surface area contributed by atoms with Crippen LogP contribution in [0.1, 0.15) is 10.4 Å². The largest absolute Gasteiger partial charge is 0.497 e. The van der Waals surface area contributed by atoms with Crippen molar-refractivity contribution in [3.8, 4) is 5.75 Å². The molecule has 1 aromatic carbocycles. The first-order chi connectivity index (χ1) is 11.2. The number of carbonyl (C=O) groups excluding carboxylic acids is 1. The second-order valence-corrected chi connectivity index (χ2v) is 6.62. The van der Waals surface area contributed by atoms with Gasteiger partial charge in [0.2, 0.25) is 5.91 Å². The summed E-state index contributed by atoms with van der Waals surface area (Å²) in [6.45, 7) is 4.38. The predicted octanol–water partition coefficient (Wildman–Crippen LogP) is 2.04. The third-order valence-electron chi connectivity index (χ3n) is 4.10. The second-order valence-electron chi connectivity index (χ2n) is 5.65. The SMILES string of the molecule is COc1ccc(CC(=O)N2CCN(Cc3cncs3)CC2)cc1. The number of piperazine rings is 1. The number of aromatic nitrogens is 1. The van der Waals surface area contributed by atoms with E-state index in [2.05, 4.69) is 9.88 Å². The van der Waals surface area contributed by atoms with Crippen LogP contribution in [-0.4, -0.2) is 54.0 Å². The monoisotopic (exact) mass is 331 g/mol. The van der Waals surface area contributed by atoms with Gasteiger partial charge < -0.3 is 9.64 Å². The lowest BCUT2D eigenvalue weighted by Crippen LogP contribution is -2.48. The maximum absolute atomic E-state index is 12.4. The number of amides is 1. The van der Waals surface area contributed by atoms with E-state index in [0.29, 0.717) is 6.42 Å². The van der Waals surface area contributed by atoms with Gasteiger partial charge in [0.25, 0.3) is 0 Å². The Kier molecular flexibility index (Phi) is 5.25. The van der Waals surface area contributed by atoms with E-state index in [1.54, 1.807) is 18.4 Å². The van der Waals surface area contributed by atoms with Gasteiger partial charge in [0.05, 0.1) is 19.0 Å². The number of methoxy groups -OCH3 is 1. The third-order valence-corrected chi connectivity index (χ3v) is 4.87. The highest BCUT2D eigenvalue weighted by atomic mass is 32.1. The quantitative estimate of drug-likeness (QED) is 0.841. The number of hydrogen-bond acceptors (Lipinski definition) is 5. The van der Waals surface area contributed by atoms with Gasteiger partial charge >= 0.3 is 0 Å². The molecule has 0 unspecified atom stereocenters. The van der Waals surface area contributed by atoms with Crippen molar-refractivity contribution in [3.05, 3.63) is 46.4 Å². The summed E-state index contributed by atoms with van der Waals surface area (Å²) in [4.78, 5) is 22.1. The number of thiazole rings is 1. The molecule has 3 rings (SSSR count). The number of nitrogens with zero attached hydrogens (tertiary/aromatic N) is 3. The number of carbonyl (C=O) groups is 1. The van der Waals surface area contributed by atoms with Crippen LogP contribution in [0, 0.1) is 0 Å². The fourth-order valence-corrected chi connectivity index (χ4v) is 3.36. The lowest BCUT2D eigenvalue weighted by Gasteiger charge is -2.34. The van der Waals surface area contributed by atoms with Gasteiger partial charge in [0, 0.05) is 43.8 Å². The molecule has 2 heterocycles. The van der Waals surface area contributed by atoms with Gasteiger partial charge in [-0.1, -0.05) is 12.1 Å². The Balaban J connectivity index is 1.47. The molecule has 1 saturated heterocycles. The zero-order valence-corrected chi connectivity index (χ0v) is 14.1. The Morgan fingerprint density at radius 1 is 1.22 bits per heavy atom. The standard InChI is InChI=1S/C17H21N3O2S/c1-22-15-4-2-14(3-5-15)10-17(21)20-8-6-19(7-9-20)12-16-11-18-13-23-16/h2-5,11,13H,6-10,12H2,1H3. The van der Waals surface area contributed by atoms with Crippen molar-refractivity contribution in [2.24, 2.45) is 0 Å². The molecule has 1 fully saturated rings. The van der Waals surface area contributed by atoms with Crippen molar-refractivity contribution >= 4 is 17.2 Å². The van der Waals surface area contributed by atoms with E-state index >= 15 is 0 Å². The van der Waals surface area contributed by atoms with E-state index in [4.69, 9.17) is 4.74 Å². The van der Waals surface area contributed by atoms with Gasteiger partial charge in [-0.05, 0) is 17.7 Å². The molecule has 122 valence electrons. The molecule has 5 nitrogen and oxygen atoms in total. The van der Waals surface area contributed by atoms with E-state index in [0.717, 1.165) is 44.0 Å². The molecular weight excluding hydrogens is 310 g/mol. The summed E-state index contributed by atoms with van der Waals surface area (Å²) in [6.07, 6.45) is 2.38. The van der Waals surface area contributed by atoms with Crippen LogP contribution in [0.3, 0.4) is 0 Å². The molecule has 0 atom stereocenters. The Morgan fingerprint density at radius 3 is 2.57 bits per heavy atom. The summed E-state index contributed by atoms with van der Waals surface area (Å²) in [6, 6.07) is 7.71. The lowest BCUT2D eigenvalue weighted by molar-refractivity contribution is -0.132. The smallest absolute Gasteiger partial charge is 0.227 e. The Hall–Kier alpha value is -1.92. The highest BCUT2D eigenvalue weighted by Gasteiger charge is 2.21. The van der Waals surface area contributed by atoms with E-state index < -0.39 is 0 Å². The molecule has 0 spiro atoms. The number of rotatable bonds is 5. The average Bonchev–Trinajstić information content (AvgIpc) is 3.09. The third kappa shape index (κ3) is 4.30. The first kappa shape index (κ1) is 16.0. The average molecular weight is 331 g/mol. The molecule has 2 aromatic rings. The minimum Gasteiger partial charge on any atom is -0.497 e. The predicted molar refractivity (Wildman–Crippen MR) is 90.7 cm³/mol. The summed E-state index contributed by atoms with van der Waals surface area (Å²) in [5.74, 6) is 1.02. The van der Waals surface area contributed by atoms with E-state index in [9.17, 15) is 4.79 Å². The topological polar surface area (TPSA) is 45.7 Å². The fourth-order valence-electron chi connectivity index (χ4n) is 2.73. The van der Waals surface area contributed by atoms with Gasteiger partial charge in [-0.2, -0.15) is 0 Å². The van der Waals surface area contributed by atoms with Gasteiger partial charge in [-0.15, -0.1) is 11.3 Å². The van der Waals surface area contributed by atoms with E-state index in [1.165, 1.54) is 4.88 Å². The van der Waals surface area contributed by atoms with E-state index in [-0.39, 0.29) is 5.91 Å². The molecule has 23 heavy (non-hydrogen) atoms. The molecule has 0 aliphatic carbocycles. The number of benzene rings is 1. The minimum absolute atomic E-state index is 0.201. The summed E-state index contributed by atoms with van der Waals surface area (Å²) in [5, 5.41) is 0. The summed E-state index contributed by atoms with van der Waals surface area (Å²) >= 11 is 1.68. The molecule has 0 saturated carbocycles. The van der Waals surface area contributed by atoms with Crippen LogP contribution in [0.4, 0.5) is 0 Å². The van der Waals surface area contributed by atoms with Gasteiger partial charge in [-0.3, -0.25) is 14.7 Å². The zero-order chi connectivity index (χ0) is 16.1. The van der Waals surface area contributed by atoms with Crippen LogP contribution >= 0.6 is 11.3 Å². The molecule has 1 amide bonds. The van der Waals surface area contributed by atoms with Crippen molar-refractivity contribution in [1.82, 2.24) is 14.8 Å². The van der Waals surface area contributed by atoms with Gasteiger partial charge in [-0.25, -0.2) is 0 Å². The van der Waals surface area contributed by atoms with Crippen molar-refractivity contribution < 1.29 is 9.53 Å². The normalized spacial score (nSPS) is 15.6. The maximum atomic E-state index is 12.4.